The van der Waals surface area contributed by atoms with Crippen molar-refractivity contribution in [3.63, 3.8) is 0 Å². The number of hydrogen-bond acceptors (Lipinski definition) is 7. The van der Waals surface area contributed by atoms with E-state index < -0.39 is 9.84 Å². The Bertz CT molecular complexity index is 1250. The van der Waals surface area contributed by atoms with E-state index in [1.807, 2.05) is 24.3 Å². The lowest BCUT2D eigenvalue weighted by Crippen LogP contribution is -2.43. The Morgan fingerprint density at radius 2 is 1.71 bits per heavy atom. The van der Waals surface area contributed by atoms with Crippen LogP contribution in [0.4, 0.5) is 5.13 Å². The van der Waals surface area contributed by atoms with Gasteiger partial charge in [-0.2, -0.15) is 0 Å². The van der Waals surface area contributed by atoms with E-state index in [0.29, 0.717) is 10.8 Å². The fourth-order valence-electron chi connectivity index (χ4n) is 5.02. The number of para-hydroxylation sites is 1. The predicted octanol–water partition coefficient (Wildman–Crippen LogP) is 3.65. The van der Waals surface area contributed by atoms with Gasteiger partial charge in [0.2, 0.25) is 5.91 Å². The average Bonchev–Trinajstić information content (AvgIpc) is 3.16. The van der Waals surface area contributed by atoms with E-state index in [-0.39, 0.29) is 5.92 Å². The summed E-state index contributed by atoms with van der Waals surface area (Å²) in [6.07, 6.45) is 3.94. The highest BCUT2D eigenvalue weighted by Crippen LogP contribution is 2.32. The molecule has 3 aromatic rings. The Hall–Kier alpha value is -2.49. The number of fused-ring (bicyclic) bond motifs is 1. The highest BCUT2D eigenvalue weighted by molar-refractivity contribution is 7.90. The molecule has 0 atom stereocenters. The van der Waals surface area contributed by atoms with E-state index in [4.69, 9.17) is 4.98 Å². The zero-order chi connectivity index (χ0) is 24.4. The minimum atomic E-state index is -3.18. The van der Waals surface area contributed by atoms with Crippen molar-refractivity contribution in [1.29, 1.82) is 0 Å². The number of piperidine rings is 1. The summed E-state index contributed by atoms with van der Waals surface area (Å²) in [6, 6.07) is 15.4. The first-order chi connectivity index (χ1) is 16.9. The van der Waals surface area contributed by atoms with Crippen LogP contribution in [0.3, 0.4) is 0 Å². The van der Waals surface area contributed by atoms with Gasteiger partial charge in [-0.05, 0) is 49.1 Å². The van der Waals surface area contributed by atoms with Gasteiger partial charge >= 0.3 is 0 Å². The fourth-order valence-corrected chi connectivity index (χ4v) is 6.67. The number of amides is 1. The number of anilines is 1. The van der Waals surface area contributed by atoms with Crippen LogP contribution in [0.1, 0.15) is 24.8 Å². The maximum absolute atomic E-state index is 13.3. The minimum absolute atomic E-state index is 0.0933. The summed E-state index contributed by atoms with van der Waals surface area (Å²) in [7, 11) is -3.18. The van der Waals surface area contributed by atoms with Crippen molar-refractivity contribution in [1.82, 2.24) is 14.8 Å². The summed E-state index contributed by atoms with van der Waals surface area (Å²) in [5.41, 5.74) is 2.14. The first-order valence-electron chi connectivity index (χ1n) is 12.3. The molecule has 0 N–H and O–H groups in total. The number of nitrogens with zero attached hydrogens (tertiary/aromatic N) is 4. The molecule has 0 spiro atoms. The maximum atomic E-state index is 13.3. The molecule has 0 unspecified atom stereocenters. The molecule has 1 amide bonds. The Kier molecular flexibility index (Phi) is 7.09. The second-order valence-electron chi connectivity index (χ2n) is 9.60. The summed E-state index contributed by atoms with van der Waals surface area (Å²) in [5, 5.41) is 1.06. The summed E-state index contributed by atoms with van der Waals surface area (Å²) in [4.78, 5) is 25.2. The van der Waals surface area contributed by atoms with Gasteiger partial charge in [0, 0.05) is 58.0 Å². The summed E-state index contributed by atoms with van der Waals surface area (Å²) in [5.74, 6) is 0.393. The van der Waals surface area contributed by atoms with Gasteiger partial charge in [-0.3, -0.25) is 9.69 Å². The zero-order valence-corrected chi connectivity index (χ0v) is 21.7. The molecule has 0 saturated carbocycles. The highest BCUT2D eigenvalue weighted by atomic mass is 32.2. The van der Waals surface area contributed by atoms with Gasteiger partial charge in [-0.25, -0.2) is 13.4 Å². The molecule has 2 fully saturated rings. The van der Waals surface area contributed by atoms with Crippen LogP contribution < -0.4 is 4.90 Å². The number of benzene rings is 2. The van der Waals surface area contributed by atoms with Gasteiger partial charge in [0.05, 0.1) is 15.1 Å². The molecule has 5 rings (SSSR count). The molecule has 0 aliphatic carbocycles. The van der Waals surface area contributed by atoms with Crippen LogP contribution in [0.5, 0.6) is 0 Å². The van der Waals surface area contributed by atoms with Crippen LogP contribution in [0, 0.1) is 5.92 Å². The summed E-state index contributed by atoms with van der Waals surface area (Å²) in [6.45, 7) is 5.85. The SMILES string of the molecule is CS(=O)(=O)c1ccc(CN2CCCN(C(=O)C3CCN(c4nc5ccccc5s4)CC3)CC2)cc1. The van der Waals surface area contributed by atoms with Crippen molar-refractivity contribution in [2.24, 2.45) is 5.92 Å². The maximum Gasteiger partial charge on any atom is 0.225 e. The molecule has 2 aliphatic heterocycles. The molecule has 3 heterocycles. The van der Waals surface area contributed by atoms with Gasteiger partial charge in [0.25, 0.3) is 0 Å². The zero-order valence-electron chi connectivity index (χ0n) is 20.1. The lowest BCUT2D eigenvalue weighted by Gasteiger charge is -2.33. The van der Waals surface area contributed by atoms with Gasteiger partial charge < -0.3 is 9.80 Å². The molecule has 7 nitrogen and oxygen atoms in total. The minimum Gasteiger partial charge on any atom is -0.348 e. The molecular weight excluding hydrogens is 480 g/mol. The number of rotatable bonds is 5. The Morgan fingerprint density at radius 3 is 2.43 bits per heavy atom. The summed E-state index contributed by atoms with van der Waals surface area (Å²) < 4.78 is 24.6. The Morgan fingerprint density at radius 1 is 0.971 bits per heavy atom. The monoisotopic (exact) mass is 512 g/mol. The molecule has 2 saturated heterocycles. The van der Waals surface area contributed by atoms with E-state index in [2.05, 4.69) is 26.8 Å². The van der Waals surface area contributed by atoms with Gasteiger partial charge in [0.15, 0.2) is 15.0 Å². The normalized spacial score (nSPS) is 18.7. The van der Waals surface area contributed by atoms with Crippen molar-refractivity contribution >= 4 is 42.4 Å². The van der Waals surface area contributed by atoms with Crippen LogP contribution in [0.15, 0.2) is 53.4 Å². The lowest BCUT2D eigenvalue weighted by atomic mass is 9.95. The van der Waals surface area contributed by atoms with Gasteiger partial charge in [0.1, 0.15) is 0 Å². The smallest absolute Gasteiger partial charge is 0.225 e. The van der Waals surface area contributed by atoms with Crippen LogP contribution in [0.25, 0.3) is 10.2 Å². The molecule has 35 heavy (non-hydrogen) atoms. The molecule has 1 aromatic heterocycles. The Labute approximate surface area is 211 Å². The fraction of sp³-hybridized carbons (Fsp3) is 0.462. The third kappa shape index (κ3) is 5.68. The number of aromatic nitrogens is 1. The third-order valence-electron chi connectivity index (χ3n) is 7.06. The third-order valence-corrected chi connectivity index (χ3v) is 9.28. The van der Waals surface area contributed by atoms with Crippen LogP contribution in [-0.4, -0.2) is 74.6 Å². The van der Waals surface area contributed by atoms with E-state index >= 15 is 0 Å². The highest BCUT2D eigenvalue weighted by Gasteiger charge is 2.30. The van der Waals surface area contributed by atoms with Crippen LogP contribution in [-0.2, 0) is 21.2 Å². The second-order valence-corrected chi connectivity index (χ2v) is 12.6. The van der Waals surface area contributed by atoms with Gasteiger partial charge in [-0.15, -0.1) is 0 Å². The first-order valence-corrected chi connectivity index (χ1v) is 15.0. The Balaban J connectivity index is 1.12. The molecule has 0 radical (unpaired) electrons. The number of hydrogen-bond donors (Lipinski definition) is 0. The molecule has 186 valence electrons. The van der Waals surface area contributed by atoms with Crippen molar-refractivity contribution < 1.29 is 13.2 Å². The van der Waals surface area contributed by atoms with Crippen molar-refractivity contribution in [3.8, 4) is 0 Å². The summed E-state index contributed by atoms with van der Waals surface area (Å²) >= 11 is 1.73. The second kappa shape index (κ2) is 10.2. The molecular formula is C26H32N4O3S2. The van der Waals surface area contributed by atoms with Crippen LogP contribution >= 0.6 is 11.3 Å². The number of carbonyl (C=O) groups excluding carboxylic acids is 1. The number of thiazole rings is 1. The van der Waals surface area contributed by atoms with E-state index in [1.165, 1.54) is 11.0 Å². The lowest BCUT2D eigenvalue weighted by molar-refractivity contribution is -0.136. The van der Waals surface area contributed by atoms with Crippen molar-refractivity contribution in [2.45, 2.75) is 30.7 Å². The van der Waals surface area contributed by atoms with Crippen molar-refractivity contribution in [2.75, 3.05) is 50.4 Å². The molecule has 0 bridgehead atoms. The predicted molar refractivity (Wildman–Crippen MR) is 141 cm³/mol. The quantitative estimate of drug-likeness (QED) is 0.520. The molecule has 9 heteroatoms. The largest absolute Gasteiger partial charge is 0.348 e. The van der Waals surface area contributed by atoms with Crippen LogP contribution in [0.2, 0.25) is 0 Å². The van der Waals surface area contributed by atoms with Gasteiger partial charge in [-0.1, -0.05) is 35.6 Å². The van der Waals surface area contributed by atoms with E-state index in [1.54, 1.807) is 23.5 Å². The molecule has 2 aromatic carbocycles. The topological polar surface area (TPSA) is 73.8 Å². The van der Waals surface area contributed by atoms with E-state index in [9.17, 15) is 13.2 Å². The first kappa shape index (κ1) is 24.2. The molecule has 2 aliphatic rings. The average molecular weight is 513 g/mol. The van der Waals surface area contributed by atoms with Crippen molar-refractivity contribution in [3.05, 3.63) is 54.1 Å². The standard InChI is InChI=1S/C26H32N4O3S2/c1-35(32,33)22-9-7-20(8-10-22)19-28-13-4-14-29(18-17-28)25(31)21-11-15-30(16-12-21)26-27-23-5-2-3-6-24(23)34-26/h2-3,5-10,21H,4,11-19H2,1H3. The number of carbonyl (C=O) groups is 1. The number of sulfone groups is 1. The van der Waals surface area contributed by atoms with E-state index in [0.717, 1.165) is 81.3 Å².